The molecule has 0 atom stereocenters. The number of nitrogens with two attached hydrogens (primary N) is 1. The van der Waals surface area contributed by atoms with E-state index in [1.807, 2.05) is 13.8 Å². The molecule has 84 valence electrons. The van der Waals surface area contributed by atoms with Gasteiger partial charge in [0.2, 0.25) is 0 Å². The molecule has 0 aliphatic rings. The van der Waals surface area contributed by atoms with Crippen molar-refractivity contribution in [3.63, 3.8) is 0 Å². The summed E-state index contributed by atoms with van der Waals surface area (Å²) in [5.74, 6) is 0.301. The number of halogens is 2. The van der Waals surface area contributed by atoms with Gasteiger partial charge in [0.15, 0.2) is 0 Å². The van der Waals surface area contributed by atoms with Gasteiger partial charge in [-0.15, -0.1) is 0 Å². The Bertz CT molecular complexity index is 342. The molecule has 0 bridgehead atoms. The molecule has 15 heavy (non-hydrogen) atoms. The highest BCUT2D eigenvalue weighted by Crippen LogP contribution is 2.32. The Morgan fingerprint density at radius 2 is 2.13 bits per heavy atom. The van der Waals surface area contributed by atoms with Gasteiger partial charge in [0.05, 0.1) is 10.6 Å². The van der Waals surface area contributed by atoms with Crippen molar-refractivity contribution in [2.24, 2.45) is 5.73 Å². The minimum absolute atomic E-state index is 0.0135. The lowest BCUT2D eigenvalue weighted by Crippen LogP contribution is -2.12. The van der Waals surface area contributed by atoms with Crippen molar-refractivity contribution in [2.75, 3.05) is 6.54 Å². The van der Waals surface area contributed by atoms with Crippen LogP contribution >= 0.6 is 15.9 Å². The molecule has 0 saturated heterocycles. The average molecular weight is 276 g/mol. The van der Waals surface area contributed by atoms with Crippen molar-refractivity contribution in [1.82, 2.24) is 0 Å². The van der Waals surface area contributed by atoms with Crippen molar-refractivity contribution in [3.05, 3.63) is 28.0 Å². The lowest BCUT2D eigenvalue weighted by Gasteiger charge is -2.16. The topological polar surface area (TPSA) is 35.2 Å². The molecule has 1 aromatic carbocycles. The van der Waals surface area contributed by atoms with Crippen LogP contribution in [0.5, 0.6) is 5.75 Å². The first-order chi connectivity index (χ1) is 7.06. The summed E-state index contributed by atoms with van der Waals surface area (Å²) in [7, 11) is 0. The Balaban J connectivity index is 3.12. The van der Waals surface area contributed by atoms with E-state index >= 15 is 0 Å². The van der Waals surface area contributed by atoms with Crippen molar-refractivity contribution in [2.45, 2.75) is 26.4 Å². The second-order valence-electron chi connectivity index (χ2n) is 3.54. The summed E-state index contributed by atoms with van der Waals surface area (Å²) < 4.78 is 19.8. The molecule has 0 fully saturated rings. The number of rotatable bonds is 4. The lowest BCUT2D eigenvalue weighted by atomic mass is 10.1. The number of ether oxygens (including phenoxy) is 1. The molecular weight excluding hydrogens is 261 g/mol. The maximum atomic E-state index is 13.5. The zero-order chi connectivity index (χ0) is 11.4. The van der Waals surface area contributed by atoms with Crippen LogP contribution in [0.4, 0.5) is 4.39 Å². The van der Waals surface area contributed by atoms with Crippen LogP contribution < -0.4 is 10.5 Å². The zero-order valence-electron chi connectivity index (χ0n) is 8.89. The first-order valence-corrected chi connectivity index (χ1v) is 5.69. The number of benzene rings is 1. The Morgan fingerprint density at radius 1 is 1.47 bits per heavy atom. The maximum Gasteiger partial charge on any atom is 0.140 e. The van der Waals surface area contributed by atoms with Gasteiger partial charge in [-0.1, -0.05) is 0 Å². The summed E-state index contributed by atoms with van der Waals surface area (Å²) >= 11 is 3.35. The fourth-order valence-electron chi connectivity index (χ4n) is 1.32. The van der Waals surface area contributed by atoms with E-state index in [4.69, 9.17) is 10.5 Å². The van der Waals surface area contributed by atoms with Gasteiger partial charge in [-0.2, -0.15) is 0 Å². The standard InChI is InChI=1S/C11H15BrFNO/c1-7(2)15-11-8(5-6-14)10(13)4-3-9(11)12/h3-4,7H,5-6,14H2,1-2H3. The van der Waals surface area contributed by atoms with E-state index in [2.05, 4.69) is 15.9 Å². The number of hydrogen-bond donors (Lipinski definition) is 1. The highest BCUT2D eigenvalue weighted by Gasteiger charge is 2.14. The molecule has 4 heteroatoms. The monoisotopic (exact) mass is 275 g/mol. The van der Waals surface area contributed by atoms with E-state index < -0.39 is 0 Å². The third-order valence-electron chi connectivity index (χ3n) is 1.90. The Morgan fingerprint density at radius 3 is 2.67 bits per heavy atom. The highest BCUT2D eigenvalue weighted by molar-refractivity contribution is 9.10. The predicted octanol–water partition coefficient (Wildman–Crippen LogP) is 2.88. The van der Waals surface area contributed by atoms with Gasteiger partial charge >= 0.3 is 0 Å². The quantitative estimate of drug-likeness (QED) is 0.917. The largest absolute Gasteiger partial charge is 0.489 e. The van der Waals surface area contributed by atoms with Gasteiger partial charge < -0.3 is 10.5 Å². The van der Waals surface area contributed by atoms with E-state index in [-0.39, 0.29) is 11.9 Å². The Labute approximate surface area is 97.7 Å². The molecule has 1 aromatic rings. The molecule has 0 unspecified atom stereocenters. The SMILES string of the molecule is CC(C)Oc1c(Br)ccc(F)c1CCN. The van der Waals surface area contributed by atoms with E-state index in [0.717, 1.165) is 4.47 Å². The average Bonchev–Trinajstić information content (AvgIpc) is 2.17. The molecule has 0 aliphatic carbocycles. The Hall–Kier alpha value is -0.610. The van der Waals surface area contributed by atoms with E-state index in [0.29, 0.717) is 24.3 Å². The van der Waals surface area contributed by atoms with Gasteiger partial charge in [0.1, 0.15) is 11.6 Å². The third kappa shape index (κ3) is 3.18. The van der Waals surface area contributed by atoms with Crippen molar-refractivity contribution in [3.8, 4) is 5.75 Å². The summed E-state index contributed by atoms with van der Waals surface area (Å²) in [5, 5.41) is 0. The first kappa shape index (κ1) is 12.5. The van der Waals surface area contributed by atoms with Crippen molar-refractivity contribution in [1.29, 1.82) is 0 Å². The summed E-state index contributed by atoms with van der Waals surface area (Å²) in [5.41, 5.74) is 5.98. The summed E-state index contributed by atoms with van der Waals surface area (Å²) in [6.07, 6.45) is 0.493. The van der Waals surface area contributed by atoms with Crippen LogP contribution in [0, 0.1) is 5.82 Å². The second kappa shape index (κ2) is 5.47. The Kier molecular flexibility index (Phi) is 4.54. The maximum absolute atomic E-state index is 13.5. The van der Waals surface area contributed by atoms with Crippen LogP contribution in [-0.4, -0.2) is 12.6 Å². The third-order valence-corrected chi connectivity index (χ3v) is 2.53. The van der Waals surface area contributed by atoms with E-state index in [1.54, 1.807) is 6.07 Å². The molecule has 2 nitrogen and oxygen atoms in total. The molecule has 0 amide bonds. The first-order valence-electron chi connectivity index (χ1n) is 4.89. The fraction of sp³-hybridized carbons (Fsp3) is 0.455. The highest BCUT2D eigenvalue weighted by atomic mass is 79.9. The molecule has 0 aromatic heterocycles. The van der Waals surface area contributed by atoms with Gasteiger partial charge in [-0.25, -0.2) is 4.39 Å². The molecule has 2 N–H and O–H groups in total. The summed E-state index contributed by atoms with van der Waals surface area (Å²) in [6, 6.07) is 3.06. The van der Waals surface area contributed by atoms with Gasteiger partial charge in [-0.3, -0.25) is 0 Å². The van der Waals surface area contributed by atoms with Gasteiger partial charge in [0, 0.05) is 5.56 Å². The molecule has 0 radical (unpaired) electrons. The van der Waals surface area contributed by atoms with Gasteiger partial charge in [-0.05, 0) is 54.9 Å². The summed E-state index contributed by atoms with van der Waals surface area (Å²) in [6.45, 7) is 4.22. The van der Waals surface area contributed by atoms with Crippen LogP contribution in [0.3, 0.4) is 0 Å². The zero-order valence-corrected chi connectivity index (χ0v) is 10.5. The molecule has 0 aliphatic heterocycles. The van der Waals surface area contributed by atoms with Crippen LogP contribution in [-0.2, 0) is 6.42 Å². The molecule has 0 heterocycles. The smallest absolute Gasteiger partial charge is 0.140 e. The van der Waals surface area contributed by atoms with Crippen LogP contribution in [0.15, 0.2) is 16.6 Å². The normalized spacial score (nSPS) is 10.8. The summed E-state index contributed by atoms with van der Waals surface area (Å²) in [4.78, 5) is 0. The van der Waals surface area contributed by atoms with Crippen molar-refractivity contribution >= 4 is 15.9 Å². The van der Waals surface area contributed by atoms with Crippen LogP contribution in [0.2, 0.25) is 0 Å². The van der Waals surface area contributed by atoms with Crippen LogP contribution in [0.1, 0.15) is 19.4 Å². The number of hydrogen-bond acceptors (Lipinski definition) is 2. The second-order valence-corrected chi connectivity index (χ2v) is 4.40. The predicted molar refractivity (Wildman–Crippen MR) is 62.6 cm³/mol. The van der Waals surface area contributed by atoms with Crippen LogP contribution in [0.25, 0.3) is 0 Å². The van der Waals surface area contributed by atoms with Gasteiger partial charge in [0.25, 0.3) is 0 Å². The molecule has 1 rings (SSSR count). The van der Waals surface area contributed by atoms with E-state index in [1.165, 1.54) is 6.07 Å². The van der Waals surface area contributed by atoms with E-state index in [9.17, 15) is 4.39 Å². The lowest BCUT2D eigenvalue weighted by molar-refractivity contribution is 0.237. The minimum atomic E-state index is -0.265. The molecule has 0 spiro atoms. The minimum Gasteiger partial charge on any atom is -0.489 e. The fourth-order valence-corrected chi connectivity index (χ4v) is 1.78. The molecule has 0 saturated carbocycles. The van der Waals surface area contributed by atoms with Crippen molar-refractivity contribution < 1.29 is 9.13 Å². The molecular formula is C11H15BrFNO.